The summed E-state index contributed by atoms with van der Waals surface area (Å²) in [4.78, 5) is 29.9. The number of benzene rings is 3. The first-order valence-corrected chi connectivity index (χ1v) is 13.5. The lowest BCUT2D eigenvalue weighted by Gasteiger charge is -2.18. The third-order valence-corrected chi connectivity index (χ3v) is 5.20. The lowest BCUT2D eigenvalue weighted by Crippen LogP contribution is -2.17. The van der Waals surface area contributed by atoms with Gasteiger partial charge in [0.15, 0.2) is 0 Å². The molecule has 0 aliphatic rings. The van der Waals surface area contributed by atoms with Crippen LogP contribution in [0.15, 0.2) is 72.8 Å². The van der Waals surface area contributed by atoms with Gasteiger partial charge < -0.3 is 14.6 Å². The highest BCUT2D eigenvalue weighted by molar-refractivity contribution is 5.76. The molecule has 0 aliphatic heterocycles. The van der Waals surface area contributed by atoms with Gasteiger partial charge in [0.05, 0.1) is 0 Å². The highest BCUT2D eigenvalue weighted by Gasteiger charge is 2.19. The van der Waals surface area contributed by atoms with Crippen LogP contribution >= 0.6 is 0 Å². The fourth-order valence-electron chi connectivity index (χ4n) is 2.95. The Kier molecular flexibility index (Phi) is 19.2. The minimum Gasteiger partial charge on any atom is -0.477 e. The van der Waals surface area contributed by atoms with Crippen molar-refractivity contribution in [2.75, 3.05) is 0 Å². The number of alkyl halides is 6. The molecule has 6 nitrogen and oxygen atoms in total. The van der Waals surface area contributed by atoms with Gasteiger partial charge in [-0.25, -0.2) is 23.2 Å². The molecule has 0 saturated heterocycles. The van der Waals surface area contributed by atoms with E-state index in [0.29, 0.717) is 23.6 Å². The molecule has 0 amide bonds. The van der Waals surface area contributed by atoms with E-state index in [9.17, 15) is 44.7 Å². The Balaban J connectivity index is 0.000000618. The molecular formula is C32H34F8O6. The summed E-state index contributed by atoms with van der Waals surface area (Å²) < 4.78 is 102. The van der Waals surface area contributed by atoms with Gasteiger partial charge in [-0.1, -0.05) is 76.6 Å². The van der Waals surface area contributed by atoms with Crippen molar-refractivity contribution >= 4 is 17.9 Å². The fraction of sp³-hybridized carbons (Fsp3) is 0.344. The predicted molar refractivity (Wildman–Crippen MR) is 153 cm³/mol. The minimum absolute atomic E-state index is 0.158. The van der Waals surface area contributed by atoms with Gasteiger partial charge in [-0.05, 0) is 41.5 Å². The van der Waals surface area contributed by atoms with Crippen LogP contribution in [-0.4, -0.2) is 42.3 Å². The second-order valence-electron chi connectivity index (χ2n) is 10.1. The van der Waals surface area contributed by atoms with Gasteiger partial charge in [0.2, 0.25) is 0 Å². The summed E-state index contributed by atoms with van der Waals surface area (Å²) in [5.74, 6) is -7.89. The Labute approximate surface area is 261 Å². The van der Waals surface area contributed by atoms with Crippen LogP contribution in [0.2, 0.25) is 0 Å². The van der Waals surface area contributed by atoms with Gasteiger partial charge >= 0.3 is 37.2 Å². The van der Waals surface area contributed by atoms with Crippen molar-refractivity contribution in [3.63, 3.8) is 0 Å². The Morgan fingerprint density at radius 3 is 1.48 bits per heavy atom. The molecule has 0 atom stereocenters. The summed E-state index contributed by atoms with van der Waals surface area (Å²) >= 11 is 0. The van der Waals surface area contributed by atoms with E-state index in [0.717, 1.165) is 24.8 Å². The molecule has 1 N–H and O–H groups in total. The molecule has 0 fully saturated rings. The smallest absolute Gasteiger partial charge is 0.379 e. The first-order valence-electron chi connectivity index (χ1n) is 13.5. The zero-order chi connectivity index (χ0) is 35.4. The molecule has 254 valence electrons. The van der Waals surface area contributed by atoms with Crippen LogP contribution < -0.4 is 9.47 Å². The van der Waals surface area contributed by atoms with Gasteiger partial charge in [-0.15, -0.1) is 0 Å². The highest BCUT2D eigenvalue weighted by Crippen LogP contribution is 2.21. The van der Waals surface area contributed by atoms with E-state index in [4.69, 9.17) is 9.90 Å². The van der Waals surface area contributed by atoms with Crippen LogP contribution in [0.1, 0.15) is 51.7 Å². The number of aliphatic carboxylic acids is 1. The summed E-state index contributed by atoms with van der Waals surface area (Å²) in [6.45, 7) is 8.77. The van der Waals surface area contributed by atoms with Crippen molar-refractivity contribution in [2.24, 2.45) is 0 Å². The summed E-state index contributed by atoms with van der Waals surface area (Å²) in [6.07, 6.45) is -6.52. The monoisotopic (exact) mass is 666 g/mol. The predicted octanol–water partition coefficient (Wildman–Crippen LogP) is 8.66. The quantitative estimate of drug-likeness (QED) is 0.147. The number of carbonyl (C=O) groups is 3. The number of carboxylic acids is 1. The van der Waals surface area contributed by atoms with Gasteiger partial charge in [0.1, 0.15) is 23.1 Å². The van der Waals surface area contributed by atoms with Crippen molar-refractivity contribution in [1.29, 1.82) is 0 Å². The van der Waals surface area contributed by atoms with Crippen molar-refractivity contribution in [3.05, 3.63) is 95.6 Å². The van der Waals surface area contributed by atoms with Crippen molar-refractivity contribution in [1.82, 2.24) is 0 Å². The third kappa shape index (κ3) is 19.0. The molecule has 3 rings (SSSR count). The molecule has 0 radical (unpaired) electrons. The summed E-state index contributed by atoms with van der Waals surface area (Å²) in [6, 6.07) is 19.0. The van der Waals surface area contributed by atoms with Crippen LogP contribution in [0.25, 0.3) is 0 Å². The lowest BCUT2D eigenvalue weighted by molar-refractivity contribution is -0.149. The number of halogens is 8. The standard InChI is InChI=1S/C12H14F2O2.C10H14.C8H4F4O2.C2H2F2O2/c1-2-3-4-9-5-7-10(8-6-9)16-12(15)11(13)14;1-10(2,3)9-7-5-4-6-8-9;9-4-1-5(10)3-6(2-4)14-8(13)7(11)12;3-1(4)2(5)6/h5-8,11H,2-4H2,1H3;4-8H,1-3H3;1-3,7H;1H,(H,5,6). The van der Waals surface area contributed by atoms with Crippen LogP contribution in [0, 0.1) is 11.6 Å². The van der Waals surface area contributed by atoms with Crippen molar-refractivity contribution in [2.45, 2.75) is 71.6 Å². The molecule has 0 bridgehead atoms. The number of rotatable bonds is 8. The van der Waals surface area contributed by atoms with E-state index in [1.54, 1.807) is 12.1 Å². The second-order valence-corrected chi connectivity index (χ2v) is 10.1. The Hall–Kier alpha value is -4.49. The average molecular weight is 667 g/mol. The van der Waals surface area contributed by atoms with E-state index in [1.807, 2.05) is 0 Å². The number of esters is 2. The summed E-state index contributed by atoms with van der Waals surface area (Å²) in [5.41, 5.74) is 2.80. The zero-order valence-electron chi connectivity index (χ0n) is 25.3. The first-order chi connectivity index (χ1) is 21.4. The van der Waals surface area contributed by atoms with Gasteiger partial charge in [0.25, 0.3) is 0 Å². The topological polar surface area (TPSA) is 89.9 Å². The first kappa shape index (κ1) is 41.5. The van der Waals surface area contributed by atoms with Crippen LogP contribution in [0.3, 0.4) is 0 Å². The largest absolute Gasteiger partial charge is 0.477 e. The Morgan fingerprint density at radius 2 is 1.13 bits per heavy atom. The van der Waals surface area contributed by atoms with E-state index in [2.05, 4.69) is 67.5 Å². The van der Waals surface area contributed by atoms with Crippen LogP contribution in [0.5, 0.6) is 11.5 Å². The normalized spacial score (nSPS) is 10.5. The zero-order valence-corrected chi connectivity index (χ0v) is 25.3. The maximum atomic E-state index is 12.5. The highest BCUT2D eigenvalue weighted by atomic mass is 19.3. The van der Waals surface area contributed by atoms with Crippen LogP contribution in [-0.2, 0) is 26.2 Å². The molecule has 0 aromatic heterocycles. The second kappa shape index (κ2) is 21.3. The Bertz CT molecular complexity index is 1310. The molecular weight excluding hydrogens is 632 g/mol. The molecule has 3 aromatic carbocycles. The van der Waals surface area contributed by atoms with E-state index in [1.165, 1.54) is 17.7 Å². The number of aryl methyl sites for hydroxylation is 1. The van der Waals surface area contributed by atoms with Gasteiger partial charge in [-0.2, -0.15) is 26.3 Å². The van der Waals surface area contributed by atoms with Crippen LogP contribution in [0.4, 0.5) is 35.1 Å². The lowest BCUT2D eigenvalue weighted by atomic mass is 9.87. The molecule has 14 heteroatoms. The summed E-state index contributed by atoms with van der Waals surface area (Å²) in [7, 11) is 0. The average Bonchev–Trinajstić information content (AvgIpc) is 2.97. The van der Waals surface area contributed by atoms with E-state index in [-0.39, 0.29) is 5.75 Å². The third-order valence-electron chi connectivity index (χ3n) is 5.20. The molecule has 46 heavy (non-hydrogen) atoms. The number of carbonyl (C=O) groups excluding carboxylic acids is 2. The number of hydrogen-bond donors (Lipinski definition) is 1. The minimum atomic E-state index is -3.33. The van der Waals surface area contributed by atoms with Gasteiger partial charge in [-0.3, -0.25) is 0 Å². The Morgan fingerprint density at radius 1 is 0.696 bits per heavy atom. The molecule has 0 spiro atoms. The van der Waals surface area contributed by atoms with Gasteiger partial charge in [0, 0.05) is 18.2 Å². The van der Waals surface area contributed by atoms with Crippen molar-refractivity contribution in [3.8, 4) is 11.5 Å². The molecule has 0 heterocycles. The maximum absolute atomic E-state index is 12.5. The number of unbranched alkanes of at least 4 members (excludes halogenated alkanes) is 1. The molecule has 0 aliphatic carbocycles. The number of hydrogen-bond acceptors (Lipinski definition) is 5. The SMILES string of the molecule is CC(C)(C)c1ccccc1.CCCCc1ccc(OC(=O)C(F)F)cc1.O=C(O)C(F)F.O=C(Oc1cc(F)cc(F)c1)C(F)F. The molecule has 0 saturated carbocycles. The van der Waals surface area contributed by atoms with E-state index >= 15 is 0 Å². The number of carboxylic acid groups (broad SMARTS) is 1. The summed E-state index contributed by atoms with van der Waals surface area (Å²) in [5, 5.41) is 7.24. The van der Waals surface area contributed by atoms with E-state index < -0.39 is 54.6 Å². The number of ether oxygens (including phenoxy) is 2. The maximum Gasteiger partial charge on any atom is 0.379 e. The molecule has 3 aromatic rings. The van der Waals surface area contributed by atoms with Crippen molar-refractivity contribution < 1.29 is 64.1 Å². The fourth-order valence-corrected chi connectivity index (χ4v) is 2.95. The molecule has 0 unspecified atom stereocenters.